The van der Waals surface area contributed by atoms with Gasteiger partial charge in [-0.15, -0.1) is 0 Å². The molecular weight excluding hydrogens is 292 g/mol. The number of hydrogen-bond acceptors (Lipinski definition) is 2. The summed E-state index contributed by atoms with van der Waals surface area (Å²) in [6.45, 7) is 0. The number of unbranched alkanes of at least 4 members (excludes halogenated alkanes) is 8. The van der Waals surface area contributed by atoms with Crippen molar-refractivity contribution in [3.8, 4) is 0 Å². The minimum absolute atomic E-state index is 0.299. The number of rotatable bonds is 13. The van der Waals surface area contributed by atoms with Gasteiger partial charge >= 0.3 is 11.9 Å². The Balaban J connectivity index is 1.93. The summed E-state index contributed by atoms with van der Waals surface area (Å²) in [5, 5.41) is 17.4. The van der Waals surface area contributed by atoms with Gasteiger partial charge in [-0.2, -0.15) is 0 Å². The third-order valence-corrected chi connectivity index (χ3v) is 4.06. The average Bonchev–Trinajstić information content (AvgIpc) is 2.52. The Kier molecular flexibility index (Phi) is 9.76. The lowest BCUT2D eigenvalue weighted by atomic mass is 10.0. The number of carboxylic acids is 2. The molecule has 0 spiro atoms. The van der Waals surface area contributed by atoms with Crippen molar-refractivity contribution in [2.45, 2.75) is 70.6 Å². The van der Waals surface area contributed by atoms with Crippen molar-refractivity contribution in [2.24, 2.45) is 0 Å². The quantitative estimate of drug-likeness (QED) is 0.506. The van der Waals surface area contributed by atoms with Crippen LogP contribution < -0.4 is 0 Å². The molecule has 4 heteroatoms. The fourth-order valence-corrected chi connectivity index (χ4v) is 2.66. The summed E-state index contributed by atoms with van der Waals surface area (Å²) in [6, 6.07) is 7.14. The zero-order valence-electron chi connectivity index (χ0n) is 13.8. The summed E-state index contributed by atoms with van der Waals surface area (Å²) in [6.07, 6.45) is 11.6. The van der Waals surface area contributed by atoms with E-state index in [1.54, 1.807) is 12.1 Å². The van der Waals surface area contributed by atoms with Crippen molar-refractivity contribution in [1.29, 1.82) is 0 Å². The van der Waals surface area contributed by atoms with Crippen LogP contribution in [0.25, 0.3) is 0 Å². The molecule has 0 fully saturated rings. The van der Waals surface area contributed by atoms with E-state index < -0.39 is 11.9 Å². The van der Waals surface area contributed by atoms with Gasteiger partial charge in [0.15, 0.2) is 0 Å². The zero-order valence-corrected chi connectivity index (χ0v) is 13.8. The highest BCUT2D eigenvalue weighted by Gasteiger charge is 2.01. The molecule has 1 aromatic carbocycles. The van der Waals surface area contributed by atoms with Gasteiger partial charge in [0.1, 0.15) is 0 Å². The maximum Gasteiger partial charge on any atom is 0.335 e. The molecule has 0 saturated carbocycles. The second-order valence-corrected chi connectivity index (χ2v) is 6.08. The van der Waals surface area contributed by atoms with E-state index in [-0.39, 0.29) is 0 Å². The van der Waals surface area contributed by atoms with Crippen LogP contribution in [-0.2, 0) is 11.2 Å². The molecule has 1 rings (SSSR count). The Hall–Kier alpha value is -1.84. The Labute approximate surface area is 138 Å². The van der Waals surface area contributed by atoms with Crippen molar-refractivity contribution in [3.63, 3.8) is 0 Å². The number of carboxylic acid groups (broad SMARTS) is 2. The minimum atomic E-state index is -0.875. The predicted molar refractivity (Wildman–Crippen MR) is 90.9 cm³/mol. The summed E-state index contributed by atoms with van der Waals surface area (Å²) in [5.41, 5.74) is 1.55. The highest BCUT2D eigenvalue weighted by atomic mass is 16.4. The lowest BCUT2D eigenvalue weighted by Gasteiger charge is -2.03. The van der Waals surface area contributed by atoms with E-state index in [2.05, 4.69) is 0 Å². The maximum atomic E-state index is 10.8. The molecule has 0 aromatic heterocycles. The number of aliphatic carboxylic acids is 1. The van der Waals surface area contributed by atoms with Crippen molar-refractivity contribution in [1.82, 2.24) is 0 Å². The molecule has 4 nitrogen and oxygen atoms in total. The highest BCUT2D eigenvalue weighted by Crippen LogP contribution is 2.13. The predicted octanol–water partition coefficient (Wildman–Crippen LogP) is 4.91. The molecule has 0 heterocycles. The second kappa shape index (κ2) is 11.7. The molecule has 128 valence electrons. The van der Waals surface area contributed by atoms with Crippen LogP contribution in [0.2, 0.25) is 0 Å². The smallest absolute Gasteiger partial charge is 0.335 e. The summed E-state index contributed by atoms with van der Waals surface area (Å²) in [5.74, 6) is -1.57. The minimum Gasteiger partial charge on any atom is -0.481 e. The number of aryl methyl sites for hydroxylation is 1. The van der Waals surface area contributed by atoms with E-state index in [4.69, 9.17) is 10.2 Å². The molecule has 0 saturated heterocycles. The van der Waals surface area contributed by atoms with E-state index in [9.17, 15) is 9.59 Å². The molecule has 23 heavy (non-hydrogen) atoms. The average molecular weight is 320 g/mol. The van der Waals surface area contributed by atoms with E-state index in [0.717, 1.165) is 32.1 Å². The number of hydrogen-bond donors (Lipinski definition) is 2. The van der Waals surface area contributed by atoms with Gasteiger partial charge in [-0.1, -0.05) is 57.1 Å². The van der Waals surface area contributed by atoms with Crippen LogP contribution in [0.15, 0.2) is 24.3 Å². The Morgan fingerprint density at radius 2 is 1.17 bits per heavy atom. The van der Waals surface area contributed by atoms with Crippen LogP contribution in [0, 0.1) is 0 Å². The highest BCUT2D eigenvalue weighted by molar-refractivity contribution is 5.87. The first kappa shape index (κ1) is 19.2. The van der Waals surface area contributed by atoms with Gasteiger partial charge in [-0.3, -0.25) is 4.79 Å². The lowest BCUT2D eigenvalue weighted by Crippen LogP contribution is -1.96. The number of aromatic carboxylic acids is 1. The maximum absolute atomic E-state index is 10.8. The lowest BCUT2D eigenvalue weighted by molar-refractivity contribution is -0.137. The summed E-state index contributed by atoms with van der Waals surface area (Å²) in [7, 11) is 0. The first-order valence-corrected chi connectivity index (χ1v) is 8.63. The number of carbonyl (C=O) groups is 2. The Morgan fingerprint density at radius 3 is 1.65 bits per heavy atom. The van der Waals surface area contributed by atoms with E-state index in [0.29, 0.717) is 12.0 Å². The molecule has 0 aliphatic carbocycles. The molecule has 1 aromatic rings. The van der Waals surface area contributed by atoms with Crippen LogP contribution in [-0.4, -0.2) is 22.2 Å². The summed E-state index contributed by atoms with van der Waals surface area (Å²) in [4.78, 5) is 21.1. The van der Waals surface area contributed by atoms with Crippen molar-refractivity contribution >= 4 is 11.9 Å². The molecule has 2 N–H and O–H groups in total. The topological polar surface area (TPSA) is 74.6 Å². The van der Waals surface area contributed by atoms with Gasteiger partial charge in [0.05, 0.1) is 5.56 Å². The van der Waals surface area contributed by atoms with Gasteiger partial charge in [0.25, 0.3) is 0 Å². The standard InChI is InChI=1S/C19H28O4/c20-18(21)11-9-7-5-3-1-2-4-6-8-10-16-12-14-17(15-13-16)19(22)23/h12-15H,1-11H2,(H,20,21)(H,22,23). The summed E-state index contributed by atoms with van der Waals surface area (Å²) >= 11 is 0. The summed E-state index contributed by atoms with van der Waals surface area (Å²) < 4.78 is 0. The van der Waals surface area contributed by atoms with Crippen LogP contribution in [0.3, 0.4) is 0 Å². The van der Waals surface area contributed by atoms with Gasteiger partial charge in [-0.25, -0.2) is 4.79 Å². The monoisotopic (exact) mass is 320 g/mol. The van der Waals surface area contributed by atoms with E-state index in [1.807, 2.05) is 12.1 Å². The van der Waals surface area contributed by atoms with Gasteiger partial charge < -0.3 is 10.2 Å². The molecule has 0 bridgehead atoms. The third kappa shape index (κ3) is 9.72. The van der Waals surface area contributed by atoms with Gasteiger partial charge in [0.2, 0.25) is 0 Å². The van der Waals surface area contributed by atoms with E-state index >= 15 is 0 Å². The third-order valence-electron chi connectivity index (χ3n) is 4.06. The van der Waals surface area contributed by atoms with Gasteiger partial charge in [0, 0.05) is 6.42 Å². The molecule has 0 aliphatic heterocycles. The first-order valence-electron chi connectivity index (χ1n) is 8.63. The molecular formula is C19H28O4. The molecule has 0 unspecified atom stereocenters. The van der Waals surface area contributed by atoms with Crippen LogP contribution in [0.1, 0.15) is 80.1 Å². The zero-order chi connectivity index (χ0) is 16.9. The van der Waals surface area contributed by atoms with Crippen LogP contribution in [0.4, 0.5) is 0 Å². The Morgan fingerprint density at radius 1 is 0.696 bits per heavy atom. The normalized spacial score (nSPS) is 10.6. The molecule has 0 radical (unpaired) electrons. The fourth-order valence-electron chi connectivity index (χ4n) is 2.66. The first-order chi connectivity index (χ1) is 11.1. The van der Waals surface area contributed by atoms with Crippen LogP contribution >= 0.6 is 0 Å². The van der Waals surface area contributed by atoms with Crippen LogP contribution in [0.5, 0.6) is 0 Å². The SMILES string of the molecule is O=C(O)CCCCCCCCCCCc1ccc(C(=O)O)cc1. The largest absolute Gasteiger partial charge is 0.481 e. The Bertz CT molecular complexity index is 465. The second-order valence-electron chi connectivity index (χ2n) is 6.08. The molecule has 0 aliphatic rings. The fraction of sp³-hybridized carbons (Fsp3) is 0.579. The van der Waals surface area contributed by atoms with E-state index in [1.165, 1.54) is 37.7 Å². The van der Waals surface area contributed by atoms with Crippen molar-refractivity contribution < 1.29 is 19.8 Å². The van der Waals surface area contributed by atoms with Crippen molar-refractivity contribution in [3.05, 3.63) is 35.4 Å². The molecule has 0 amide bonds. The number of benzene rings is 1. The van der Waals surface area contributed by atoms with Gasteiger partial charge in [-0.05, 0) is 37.0 Å². The molecule has 0 atom stereocenters. The van der Waals surface area contributed by atoms with Crippen molar-refractivity contribution in [2.75, 3.05) is 0 Å².